The first-order valence-electron chi connectivity index (χ1n) is 8.84. The SMILES string of the molecule is Cc1cccc(Nc2cc(NCCc3ccc(S(N)(=O)=O)cc3)ncn2)c1C. The van der Waals surface area contributed by atoms with Crippen LogP contribution in [-0.4, -0.2) is 24.9 Å². The lowest BCUT2D eigenvalue weighted by Crippen LogP contribution is -2.12. The molecule has 0 spiro atoms. The average molecular weight is 398 g/mol. The molecule has 2 aromatic carbocycles. The summed E-state index contributed by atoms with van der Waals surface area (Å²) in [6, 6.07) is 14.5. The number of primary sulfonamides is 1. The first kappa shape index (κ1) is 19.8. The summed E-state index contributed by atoms with van der Waals surface area (Å²) in [5.41, 5.74) is 4.41. The van der Waals surface area contributed by atoms with E-state index < -0.39 is 10.0 Å². The summed E-state index contributed by atoms with van der Waals surface area (Å²) in [7, 11) is -3.66. The van der Waals surface area contributed by atoms with Crippen molar-refractivity contribution in [2.45, 2.75) is 25.2 Å². The van der Waals surface area contributed by atoms with E-state index in [2.05, 4.69) is 40.5 Å². The highest BCUT2D eigenvalue weighted by atomic mass is 32.2. The van der Waals surface area contributed by atoms with Crippen LogP contribution < -0.4 is 15.8 Å². The summed E-state index contributed by atoms with van der Waals surface area (Å²) in [4.78, 5) is 8.63. The van der Waals surface area contributed by atoms with Gasteiger partial charge in [0, 0.05) is 18.3 Å². The molecule has 0 unspecified atom stereocenters. The van der Waals surface area contributed by atoms with Gasteiger partial charge in [-0.25, -0.2) is 23.5 Å². The second kappa shape index (κ2) is 8.37. The zero-order valence-corrected chi connectivity index (χ0v) is 16.6. The van der Waals surface area contributed by atoms with Crippen LogP contribution in [-0.2, 0) is 16.4 Å². The first-order valence-corrected chi connectivity index (χ1v) is 10.4. The van der Waals surface area contributed by atoms with Crippen molar-refractivity contribution in [1.82, 2.24) is 9.97 Å². The molecule has 146 valence electrons. The Balaban J connectivity index is 1.60. The number of nitrogens with zero attached hydrogens (tertiary/aromatic N) is 2. The second-order valence-electron chi connectivity index (χ2n) is 6.53. The third-order valence-electron chi connectivity index (χ3n) is 4.51. The van der Waals surface area contributed by atoms with Crippen molar-refractivity contribution in [3.05, 3.63) is 71.5 Å². The Bertz CT molecular complexity index is 1070. The van der Waals surface area contributed by atoms with Crippen molar-refractivity contribution in [1.29, 1.82) is 0 Å². The molecule has 0 amide bonds. The number of aryl methyl sites for hydroxylation is 1. The van der Waals surface area contributed by atoms with Gasteiger partial charge in [0.15, 0.2) is 0 Å². The van der Waals surface area contributed by atoms with E-state index >= 15 is 0 Å². The zero-order valence-electron chi connectivity index (χ0n) is 15.8. The molecule has 1 heterocycles. The highest BCUT2D eigenvalue weighted by Gasteiger charge is 2.07. The van der Waals surface area contributed by atoms with Crippen molar-refractivity contribution in [2.75, 3.05) is 17.2 Å². The Morgan fingerprint density at radius 3 is 2.43 bits per heavy atom. The molecule has 3 rings (SSSR count). The van der Waals surface area contributed by atoms with E-state index in [4.69, 9.17) is 5.14 Å². The van der Waals surface area contributed by atoms with E-state index in [1.807, 2.05) is 18.2 Å². The monoisotopic (exact) mass is 397 g/mol. The third-order valence-corrected chi connectivity index (χ3v) is 5.44. The van der Waals surface area contributed by atoms with Gasteiger partial charge in [-0.05, 0) is 55.2 Å². The predicted molar refractivity (Wildman–Crippen MR) is 111 cm³/mol. The average Bonchev–Trinajstić information content (AvgIpc) is 2.66. The molecule has 1 aromatic heterocycles. The molecule has 7 nitrogen and oxygen atoms in total. The summed E-state index contributed by atoms with van der Waals surface area (Å²) in [5.74, 6) is 1.42. The number of hydrogen-bond acceptors (Lipinski definition) is 6. The van der Waals surface area contributed by atoms with Gasteiger partial charge in [-0.1, -0.05) is 24.3 Å². The molecular weight excluding hydrogens is 374 g/mol. The van der Waals surface area contributed by atoms with Gasteiger partial charge in [0.05, 0.1) is 4.90 Å². The van der Waals surface area contributed by atoms with Gasteiger partial charge in [-0.15, -0.1) is 0 Å². The minimum absolute atomic E-state index is 0.113. The fourth-order valence-corrected chi connectivity index (χ4v) is 3.24. The minimum Gasteiger partial charge on any atom is -0.370 e. The van der Waals surface area contributed by atoms with Crippen LogP contribution in [0.2, 0.25) is 0 Å². The topological polar surface area (TPSA) is 110 Å². The number of hydrogen-bond donors (Lipinski definition) is 3. The highest BCUT2D eigenvalue weighted by molar-refractivity contribution is 7.89. The van der Waals surface area contributed by atoms with E-state index in [1.54, 1.807) is 12.1 Å². The molecule has 8 heteroatoms. The van der Waals surface area contributed by atoms with Crippen molar-refractivity contribution < 1.29 is 8.42 Å². The Morgan fingerprint density at radius 1 is 1.00 bits per heavy atom. The molecule has 28 heavy (non-hydrogen) atoms. The number of rotatable bonds is 7. The molecule has 0 fully saturated rings. The van der Waals surface area contributed by atoms with Crippen LogP contribution in [0.3, 0.4) is 0 Å². The molecule has 0 aliphatic carbocycles. The van der Waals surface area contributed by atoms with E-state index in [0.717, 1.165) is 11.3 Å². The number of aromatic nitrogens is 2. The Hall–Kier alpha value is -2.97. The maximum Gasteiger partial charge on any atom is 0.238 e. The molecule has 0 radical (unpaired) electrons. The molecular formula is C20H23N5O2S. The van der Waals surface area contributed by atoms with E-state index in [-0.39, 0.29) is 4.90 Å². The number of benzene rings is 2. The highest BCUT2D eigenvalue weighted by Crippen LogP contribution is 2.22. The molecule has 0 bridgehead atoms. The maximum atomic E-state index is 11.3. The van der Waals surface area contributed by atoms with Gasteiger partial charge in [-0.3, -0.25) is 0 Å². The quantitative estimate of drug-likeness (QED) is 0.565. The van der Waals surface area contributed by atoms with Gasteiger partial charge >= 0.3 is 0 Å². The van der Waals surface area contributed by atoms with Crippen molar-refractivity contribution in [3.63, 3.8) is 0 Å². The summed E-state index contributed by atoms with van der Waals surface area (Å²) in [6.07, 6.45) is 2.23. The largest absolute Gasteiger partial charge is 0.370 e. The molecule has 0 saturated carbocycles. The van der Waals surface area contributed by atoms with Gasteiger partial charge in [0.25, 0.3) is 0 Å². The van der Waals surface area contributed by atoms with E-state index in [0.29, 0.717) is 24.6 Å². The zero-order chi connectivity index (χ0) is 20.1. The van der Waals surface area contributed by atoms with Crippen LogP contribution >= 0.6 is 0 Å². The summed E-state index contributed by atoms with van der Waals surface area (Å²) in [6.45, 7) is 4.79. The fourth-order valence-electron chi connectivity index (χ4n) is 2.73. The molecule has 3 aromatic rings. The van der Waals surface area contributed by atoms with Crippen molar-refractivity contribution >= 4 is 27.3 Å². The summed E-state index contributed by atoms with van der Waals surface area (Å²) >= 11 is 0. The van der Waals surface area contributed by atoms with E-state index in [9.17, 15) is 8.42 Å². The van der Waals surface area contributed by atoms with Gasteiger partial charge in [0.2, 0.25) is 10.0 Å². The normalized spacial score (nSPS) is 11.2. The van der Waals surface area contributed by atoms with Crippen LogP contribution in [0.25, 0.3) is 0 Å². The Labute approximate surface area is 165 Å². The van der Waals surface area contributed by atoms with Crippen LogP contribution in [0.15, 0.2) is 59.8 Å². The van der Waals surface area contributed by atoms with Crippen molar-refractivity contribution in [3.8, 4) is 0 Å². The van der Waals surface area contributed by atoms with Gasteiger partial charge in [0.1, 0.15) is 18.0 Å². The minimum atomic E-state index is -3.66. The molecule has 0 aliphatic heterocycles. The first-order chi connectivity index (χ1) is 13.3. The van der Waals surface area contributed by atoms with E-state index in [1.165, 1.54) is 29.6 Å². The smallest absolute Gasteiger partial charge is 0.238 e. The number of nitrogens with two attached hydrogens (primary N) is 1. The van der Waals surface area contributed by atoms with Crippen LogP contribution in [0.5, 0.6) is 0 Å². The number of nitrogens with one attached hydrogen (secondary N) is 2. The Kier molecular flexibility index (Phi) is 5.91. The second-order valence-corrected chi connectivity index (χ2v) is 8.09. The Morgan fingerprint density at radius 2 is 1.71 bits per heavy atom. The summed E-state index contributed by atoms with van der Waals surface area (Å²) in [5, 5.41) is 11.7. The summed E-state index contributed by atoms with van der Waals surface area (Å²) < 4.78 is 22.6. The maximum absolute atomic E-state index is 11.3. The predicted octanol–water partition coefficient (Wildman–Crippen LogP) is 3.14. The lowest BCUT2D eigenvalue weighted by atomic mass is 10.1. The van der Waals surface area contributed by atoms with Gasteiger partial charge in [-0.2, -0.15) is 0 Å². The van der Waals surface area contributed by atoms with Crippen LogP contribution in [0.4, 0.5) is 17.3 Å². The molecule has 0 aliphatic rings. The third kappa shape index (κ3) is 5.05. The van der Waals surface area contributed by atoms with Crippen molar-refractivity contribution in [2.24, 2.45) is 5.14 Å². The number of anilines is 3. The molecule has 0 atom stereocenters. The number of sulfonamides is 1. The fraction of sp³-hybridized carbons (Fsp3) is 0.200. The van der Waals surface area contributed by atoms with Crippen LogP contribution in [0.1, 0.15) is 16.7 Å². The lowest BCUT2D eigenvalue weighted by Gasteiger charge is -2.12. The molecule has 0 saturated heterocycles. The van der Waals surface area contributed by atoms with Crippen LogP contribution in [0, 0.1) is 13.8 Å². The standard InChI is InChI=1S/C20H23N5O2S/c1-14-4-3-5-18(15(14)2)25-20-12-19(23-13-24-20)22-11-10-16-6-8-17(9-7-16)28(21,26)27/h3-9,12-13H,10-11H2,1-2H3,(H2,21,26,27)(H2,22,23,24,25). The van der Waals surface area contributed by atoms with Gasteiger partial charge < -0.3 is 10.6 Å². The molecule has 4 N–H and O–H groups in total. The lowest BCUT2D eigenvalue weighted by molar-refractivity contribution is 0.598.